The number of hydrogen-bond acceptors (Lipinski definition) is 2. The maximum Gasteiger partial charge on any atom is 0.0465 e. The molecule has 1 atom stereocenters. The summed E-state index contributed by atoms with van der Waals surface area (Å²) in [6.45, 7) is 12.3. The highest BCUT2D eigenvalue weighted by Gasteiger charge is 2.31. The number of rotatable bonds is 9. The largest absolute Gasteiger partial charge is 0.385 e. The van der Waals surface area contributed by atoms with Crippen LogP contribution in [0.4, 0.5) is 0 Å². The van der Waals surface area contributed by atoms with Gasteiger partial charge in [-0.2, -0.15) is 0 Å². The van der Waals surface area contributed by atoms with E-state index < -0.39 is 0 Å². The third kappa shape index (κ3) is 4.52. The minimum atomic E-state index is 0.453. The van der Waals surface area contributed by atoms with Crippen molar-refractivity contribution in [1.29, 1.82) is 0 Å². The summed E-state index contributed by atoms with van der Waals surface area (Å²) in [4.78, 5) is 0. The van der Waals surface area contributed by atoms with Crippen LogP contribution < -0.4 is 5.32 Å². The highest BCUT2D eigenvalue weighted by molar-refractivity contribution is 4.84. The molecule has 1 unspecified atom stereocenters. The van der Waals surface area contributed by atoms with Crippen molar-refractivity contribution in [2.45, 2.75) is 47.0 Å². The van der Waals surface area contributed by atoms with Crippen LogP contribution >= 0.6 is 0 Å². The summed E-state index contributed by atoms with van der Waals surface area (Å²) in [6, 6.07) is 0. The molecule has 0 radical (unpaired) electrons. The van der Waals surface area contributed by atoms with Crippen LogP contribution in [0.25, 0.3) is 0 Å². The lowest BCUT2D eigenvalue weighted by molar-refractivity contribution is 0.103. The molecule has 15 heavy (non-hydrogen) atoms. The average molecular weight is 215 g/mol. The predicted molar refractivity (Wildman–Crippen MR) is 67.2 cm³/mol. The number of nitrogens with one attached hydrogen (secondary N) is 1. The molecule has 0 aliphatic rings. The van der Waals surface area contributed by atoms with Gasteiger partial charge in [0.05, 0.1) is 0 Å². The predicted octanol–water partition coefficient (Wildman–Crippen LogP) is 3.07. The first-order chi connectivity index (χ1) is 7.16. The fourth-order valence-corrected chi connectivity index (χ4v) is 2.35. The van der Waals surface area contributed by atoms with Gasteiger partial charge in [0.15, 0.2) is 0 Å². The summed E-state index contributed by atoms with van der Waals surface area (Å²) in [5.41, 5.74) is 0.453. The minimum Gasteiger partial charge on any atom is -0.385 e. The van der Waals surface area contributed by atoms with E-state index in [9.17, 15) is 0 Å². The number of ether oxygens (including phenoxy) is 1. The van der Waals surface area contributed by atoms with Crippen molar-refractivity contribution in [3.8, 4) is 0 Å². The highest BCUT2D eigenvalue weighted by Crippen LogP contribution is 2.36. The van der Waals surface area contributed by atoms with Gasteiger partial charge in [0.25, 0.3) is 0 Å². The SMILES string of the molecule is CCNCC(CC)(CC)C(C)CCOC. The van der Waals surface area contributed by atoms with Crippen molar-refractivity contribution in [3.63, 3.8) is 0 Å². The molecule has 0 amide bonds. The van der Waals surface area contributed by atoms with Gasteiger partial charge < -0.3 is 10.1 Å². The van der Waals surface area contributed by atoms with Crippen LogP contribution in [-0.4, -0.2) is 26.8 Å². The lowest BCUT2D eigenvalue weighted by Gasteiger charge is -2.38. The molecule has 2 heteroatoms. The first kappa shape index (κ1) is 14.9. The molecular formula is C13H29NO. The van der Waals surface area contributed by atoms with Crippen molar-refractivity contribution < 1.29 is 4.74 Å². The van der Waals surface area contributed by atoms with E-state index in [-0.39, 0.29) is 0 Å². The second-order valence-electron chi connectivity index (χ2n) is 4.53. The summed E-state index contributed by atoms with van der Waals surface area (Å²) < 4.78 is 5.18. The van der Waals surface area contributed by atoms with Gasteiger partial charge in [0.2, 0.25) is 0 Å². The van der Waals surface area contributed by atoms with Crippen LogP contribution in [0.5, 0.6) is 0 Å². The molecule has 0 aliphatic heterocycles. The Morgan fingerprint density at radius 3 is 2.20 bits per heavy atom. The molecule has 92 valence electrons. The van der Waals surface area contributed by atoms with Crippen molar-refractivity contribution in [2.24, 2.45) is 11.3 Å². The second-order valence-corrected chi connectivity index (χ2v) is 4.53. The molecule has 0 saturated carbocycles. The van der Waals surface area contributed by atoms with Gasteiger partial charge in [0, 0.05) is 20.3 Å². The monoisotopic (exact) mass is 215 g/mol. The molecule has 0 aliphatic carbocycles. The zero-order valence-electron chi connectivity index (χ0n) is 11.2. The standard InChI is InChI=1S/C13H29NO/c1-6-13(7-2,11-14-8-3)12(4)9-10-15-5/h12,14H,6-11H2,1-5H3. The number of hydrogen-bond donors (Lipinski definition) is 1. The fraction of sp³-hybridized carbons (Fsp3) is 1.00. The summed E-state index contributed by atoms with van der Waals surface area (Å²) >= 11 is 0. The quantitative estimate of drug-likeness (QED) is 0.638. The zero-order valence-corrected chi connectivity index (χ0v) is 11.2. The van der Waals surface area contributed by atoms with E-state index in [0.29, 0.717) is 5.41 Å². The molecule has 1 N–H and O–H groups in total. The third-order valence-electron chi connectivity index (χ3n) is 3.94. The van der Waals surface area contributed by atoms with Gasteiger partial charge in [-0.25, -0.2) is 0 Å². The van der Waals surface area contributed by atoms with E-state index in [1.165, 1.54) is 19.3 Å². The Morgan fingerprint density at radius 1 is 1.20 bits per heavy atom. The first-order valence-electron chi connectivity index (χ1n) is 6.36. The zero-order chi connectivity index (χ0) is 11.7. The molecule has 0 aromatic heterocycles. The van der Waals surface area contributed by atoms with E-state index in [4.69, 9.17) is 4.74 Å². The van der Waals surface area contributed by atoms with Gasteiger partial charge in [-0.3, -0.25) is 0 Å². The van der Waals surface area contributed by atoms with Crippen molar-refractivity contribution in [3.05, 3.63) is 0 Å². The summed E-state index contributed by atoms with van der Waals surface area (Å²) in [7, 11) is 1.79. The normalized spacial score (nSPS) is 14.2. The Morgan fingerprint density at radius 2 is 1.80 bits per heavy atom. The molecule has 0 bridgehead atoms. The Labute approximate surface area is 95.8 Å². The van der Waals surface area contributed by atoms with Crippen LogP contribution in [0, 0.1) is 11.3 Å². The van der Waals surface area contributed by atoms with Gasteiger partial charge in [-0.05, 0) is 37.1 Å². The van der Waals surface area contributed by atoms with E-state index in [0.717, 1.165) is 25.6 Å². The van der Waals surface area contributed by atoms with Gasteiger partial charge in [0.1, 0.15) is 0 Å². The summed E-state index contributed by atoms with van der Waals surface area (Å²) in [5.74, 6) is 0.728. The average Bonchev–Trinajstić information content (AvgIpc) is 2.28. The minimum absolute atomic E-state index is 0.453. The van der Waals surface area contributed by atoms with Crippen molar-refractivity contribution in [2.75, 3.05) is 26.8 Å². The van der Waals surface area contributed by atoms with Gasteiger partial charge in [-0.1, -0.05) is 27.7 Å². The highest BCUT2D eigenvalue weighted by atomic mass is 16.5. The third-order valence-corrected chi connectivity index (χ3v) is 3.94. The Balaban J connectivity index is 4.30. The number of methoxy groups -OCH3 is 1. The van der Waals surface area contributed by atoms with Crippen LogP contribution in [0.3, 0.4) is 0 Å². The van der Waals surface area contributed by atoms with E-state index in [1.807, 2.05) is 0 Å². The molecule has 0 aromatic carbocycles. The summed E-state index contributed by atoms with van der Waals surface area (Å²) in [6.07, 6.45) is 3.67. The lowest BCUT2D eigenvalue weighted by atomic mass is 9.70. The van der Waals surface area contributed by atoms with Crippen LogP contribution in [-0.2, 0) is 4.74 Å². The smallest absolute Gasteiger partial charge is 0.0465 e. The molecule has 2 nitrogen and oxygen atoms in total. The first-order valence-corrected chi connectivity index (χ1v) is 6.36. The van der Waals surface area contributed by atoms with Crippen LogP contribution in [0.2, 0.25) is 0 Å². The van der Waals surface area contributed by atoms with Crippen molar-refractivity contribution in [1.82, 2.24) is 5.32 Å². The Kier molecular flexibility index (Phi) is 8.07. The van der Waals surface area contributed by atoms with Gasteiger partial charge in [-0.15, -0.1) is 0 Å². The molecule has 0 heterocycles. The molecule has 0 saturated heterocycles. The topological polar surface area (TPSA) is 21.3 Å². The molecular weight excluding hydrogens is 186 g/mol. The second kappa shape index (κ2) is 8.12. The molecule has 0 spiro atoms. The maximum atomic E-state index is 5.18. The molecule has 0 rings (SSSR count). The molecule has 0 aromatic rings. The fourth-order valence-electron chi connectivity index (χ4n) is 2.35. The summed E-state index contributed by atoms with van der Waals surface area (Å²) in [5, 5.41) is 3.51. The van der Waals surface area contributed by atoms with E-state index >= 15 is 0 Å². The van der Waals surface area contributed by atoms with E-state index in [1.54, 1.807) is 7.11 Å². The Hall–Kier alpha value is -0.0800. The lowest BCUT2D eigenvalue weighted by Crippen LogP contribution is -2.39. The van der Waals surface area contributed by atoms with Crippen molar-refractivity contribution >= 4 is 0 Å². The van der Waals surface area contributed by atoms with Crippen LogP contribution in [0.15, 0.2) is 0 Å². The van der Waals surface area contributed by atoms with E-state index in [2.05, 4.69) is 33.0 Å². The molecule has 0 fully saturated rings. The van der Waals surface area contributed by atoms with Gasteiger partial charge >= 0.3 is 0 Å². The Bertz CT molecular complexity index is 143. The van der Waals surface area contributed by atoms with Crippen LogP contribution in [0.1, 0.15) is 47.0 Å². The maximum absolute atomic E-state index is 5.18.